The summed E-state index contributed by atoms with van der Waals surface area (Å²) in [5, 5.41) is 3.05. The Morgan fingerprint density at radius 1 is 1.07 bits per heavy atom. The second-order valence-electron chi connectivity index (χ2n) is 6.36. The van der Waals surface area contributed by atoms with Crippen LogP contribution in [0.2, 0.25) is 0 Å². The van der Waals surface area contributed by atoms with Crippen LogP contribution in [0.25, 0.3) is 6.08 Å². The van der Waals surface area contributed by atoms with Crippen molar-refractivity contribution < 1.29 is 26.4 Å². The third kappa shape index (κ3) is 6.16. The van der Waals surface area contributed by atoms with E-state index in [0.717, 1.165) is 21.3 Å². The third-order valence-electron chi connectivity index (χ3n) is 3.97. The summed E-state index contributed by atoms with van der Waals surface area (Å²) in [6.45, 7) is 3.09. The lowest BCUT2D eigenvalue weighted by Crippen LogP contribution is -2.37. The number of rotatable bonds is 8. The molecule has 0 radical (unpaired) electrons. The van der Waals surface area contributed by atoms with E-state index < -0.39 is 45.6 Å². The van der Waals surface area contributed by atoms with E-state index in [4.69, 9.17) is 0 Å². The van der Waals surface area contributed by atoms with E-state index in [1.54, 1.807) is 19.1 Å². The lowest BCUT2D eigenvalue weighted by Gasteiger charge is -2.19. The van der Waals surface area contributed by atoms with E-state index in [1.165, 1.54) is 6.08 Å². The van der Waals surface area contributed by atoms with Crippen molar-refractivity contribution in [3.05, 3.63) is 70.4 Å². The minimum absolute atomic E-state index is 0.0499. The average molecular weight is 426 g/mol. The SMILES string of the molecule is CCCN(CC(=O)Nc1ccc(F)c(F)c1F)S(=O)(=O)C=Cc1ccc(C)cc1. The highest BCUT2D eigenvalue weighted by atomic mass is 32.2. The minimum atomic E-state index is -3.94. The van der Waals surface area contributed by atoms with Crippen molar-refractivity contribution in [2.24, 2.45) is 0 Å². The number of carbonyl (C=O) groups excluding carboxylic acids is 1. The van der Waals surface area contributed by atoms with Crippen molar-refractivity contribution in [1.82, 2.24) is 4.31 Å². The number of sulfonamides is 1. The predicted octanol–water partition coefficient (Wildman–Crippen LogP) is 4.06. The van der Waals surface area contributed by atoms with Gasteiger partial charge in [0.25, 0.3) is 0 Å². The molecule has 0 aliphatic heterocycles. The number of carbonyl (C=O) groups is 1. The van der Waals surface area contributed by atoms with Gasteiger partial charge in [-0.3, -0.25) is 4.79 Å². The highest BCUT2D eigenvalue weighted by Crippen LogP contribution is 2.20. The Labute approximate surface area is 167 Å². The fourth-order valence-corrected chi connectivity index (χ4v) is 3.68. The van der Waals surface area contributed by atoms with E-state index in [2.05, 4.69) is 5.32 Å². The Hall–Kier alpha value is -2.65. The molecule has 0 aliphatic carbocycles. The summed E-state index contributed by atoms with van der Waals surface area (Å²) in [5.74, 6) is -5.54. The third-order valence-corrected chi connectivity index (χ3v) is 5.48. The second-order valence-corrected chi connectivity index (χ2v) is 8.18. The van der Waals surface area contributed by atoms with Crippen LogP contribution in [0.1, 0.15) is 24.5 Å². The molecule has 156 valence electrons. The molecule has 0 fully saturated rings. The maximum atomic E-state index is 13.7. The lowest BCUT2D eigenvalue weighted by atomic mass is 10.2. The van der Waals surface area contributed by atoms with Crippen LogP contribution in [0.15, 0.2) is 41.8 Å². The highest BCUT2D eigenvalue weighted by Gasteiger charge is 2.23. The molecule has 2 rings (SSSR count). The summed E-state index contributed by atoms with van der Waals surface area (Å²) in [5.41, 5.74) is 1.13. The van der Waals surface area contributed by atoms with Gasteiger partial charge in [0, 0.05) is 12.0 Å². The van der Waals surface area contributed by atoms with Gasteiger partial charge in [-0.2, -0.15) is 4.31 Å². The Kier molecular flexibility index (Phi) is 7.58. The van der Waals surface area contributed by atoms with Crippen molar-refractivity contribution in [2.75, 3.05) is 18.4 Å². The van der Waals surface area contributed by atoms with Crippen LogP contribution in [0.4, 0.5) is 18.9 Å². The van der Waals surface area contributed by atoms with Crippen LogP contribution in [0, 0.1) is 24.4 Å². The molecular weight excluding hydrogens is 405 g/mol. The molecule has 0 spiro atoms. The van der Waals surface area contributed by atoms with Crippen molar-refractivity contribution in [3.63, 3.8) is 0 Å². The van der Waals surface area contributed by atoms with Crippen LogP contribution in [-0.2, 0) is 14.8 Å². The van der Waals surface area contributed by atoms with Crippen LogP contribution in [0.5, 0.6) is 0 Å². The topological polar surface area (TPSA) is 66.5 Å². The zero-order valence-corrected chi connectivity index (χ0v) is 16.8. The Balaban J connectivity index is 2.14. The van der Waals surface area contributed by atoms with Gasteiger partial charge in [0.05, 0.1) is 12.2 Å². The highest BCUT2D eigenvalue weighted by molar-refractivity contribution is 7.92. The first-order chi connectivity index (χ1) is 13.6. The first-order valence-electron chi connectivity index (χ1n) is 8.82. The maximum Gasteiger partial charge on any atom is 0.239 e. The molecule has 2 aromatic carbocycles. The maximum absolute atomic E-state index is 13.7. The molecule has 0 saturated heterocycles. The molecule has 29 heavy (non-hydrogen) atoms. The molecule has 0 aromatic heterocycles. The van der Waals surface area contributed by atoms with E-state index in [9.17, 15) is 26.4 Å². The van der Waals surface area contributed by atoms with Gasteiger partial charge in [0.2, 0.25) is 15.9 Å². The number of halogens is 3. The number of amides is 1. The van der Waals surface area contributed by atoms with Crippen LogP contribution < -0.4 is 5.32 Å². The first kappa shape index (κ1) is 22.6. The number of nitrogens with one attached hydrogen (secondary N) is 1. The summed E-state index contributed by atoms with van der Waals surface area (Å²) in [6, 6.07) is 8.70. The molecule has 0 heterocycles. The quantitative estimate of drug-likeness (QED) is 0.648. The van der Waals surface area contributed by atoms with Gasteiger partial charge in [0.15, 0.2) is 17.5 Å². The Morgan fingerprint density at radius 2 is 1.72 bits per heavy atom. The van der Waals surface area contributed by atoms with Crippen molar-refractivity contribution in [2.45, 2.75) is 20.3 Å². The zero-order chi connectivity index (χ0) is 21.6. The van der Waals surface area contributed by atoms with Crippen LogP contribution >= 0.6 is 0 Å². The smallest absolute Gasteiger partial charge is 0.239 e. The summed E-state index contributed by atoms with van der Waals surface area (Å²) >= 11 is 0. The van der Waals surface area contributed by atoms with Gasteiger partial charge in [-0.15, -0.1) is 0 Å². The molecule has 0 saturated carbocycles. The molecule has 9 heteroatoms. The number of hydrogen-bond acceptors (Lipinski definition) is 3. The Morgan fingerprint density at radius 3 is 2.34 bits per heavy atom. The molecule has 1 N–H and O–H groups in total. The van der Waals surface area contributed by atoms with Crippen molar-refractivity contribution in [1.29, 1.82) is 0 Å². The molecule has 1 amide bonds. The standard InChI is InChI=1S/C20H21F3N2O3S/c1-3-11-25(29(27,28)12-10-15-6-4-14(2)5-7-15)13-18(26)24-17-9-8-16(21)19(22)20(17)23/h4-10,12H,3,11,13H2,1-2H3,(H,24,26). The summed E-state index contributed by atoms with van der Waals surface area (Å²) < 4.78 is 66.1. The number of hydrogen-bond donors (Lipinski definition) is 1. The van der Waals surface area contributed by atoms with Gasteiger partial charge in [0.1, 0.15) is 0 Å². The molecule has 0 atom stereocenters. The lowest BCUT2D eigenvalue weighted by molar-refractivity contribution is -0.116. The fourth-order valence-electron chi connectivity index (χ4n) is 2.45. The summed E-state index contributed by atoms with van der Waals surface area (Å²) in [7, 11) is -3.94. The van der Waals surface area contributed by atoms with Gasteiger partial charge < -0.3 is 5.32 Å². The molecule has 0 unspecified atom stereocenters. The van der Waals surface area contributed by atoms with Crippen LogP contribution in [0.3, 0.4) is 0 Å². The number of anilines is 1. The van der Waals surface area contributed by atoms with E-state index >= 15 is 0 Å². The van der Waals surface area contributed by atoms with Crippen LogP contribution in [-0.4, -0.2) is 31.7 Å². The molecule has 0 aliphatic rings. The van der Waals surface area contributed by atoms with Gasteiger partial charge in [-0.1, -0.05) is 36.8 Å². The fraction of sp³-hybridized carbons (Fsp3) is 0.250. The zero-order valence-electron chi connectivity index (χ0n) is 16.0. The average Bonchev–Trinajstić information content (AvgIpc) is 2.68. The normalized spacial score (nSPS) is 11.9. The molecule has 5 nitrogen and oxygen atoms in total. The summed E-state index contributed by atoms with van der Waals surface area (Å²) in [6.07, 6.45) is 1.84. The van der Waals surface area contributed by atoms with Gasteiger partial charge in [-0.05, 0) is 37.1 Å². The number of nitrogens with zero attached hydrogens (tertiary/aromatic N) is 1. The molecular formula is C20H21F3N2O3S. The van der Waals surface area contributed by atoms with Gasteiger partial charge >= 0.3 is 0 Å². The largest absolute Gasteiger partial charge is 0.322 e. The monoisotopic (exact) mass is 426 g/mol. The van der Waals surface area contributed by atoms with Crippen molar-refractivity contribution >= 4 is 27.7 Å². The van der Waals surface area contributed by atoms with E-state index in [0.29, 0.717) is 18.1 Å². The number of benzene rings is 2. The van der Waals surface area contributed by atoms with Gasteiger partial charge in [-0.25, -0.2) is 21.6 Å². The number of aryl methyl sites for hydroxylation is 1. The predicted molar refractivity (Wildman–Crippen MR) is 106 cm³/mol. The second kappa shape index (κ2) is 9.71. The molecule has 0 bridgehead atoms. The first-order valence-corrected chi connectivity index (χ1v) is 10.3. The van der Waals surface area contributed by atoms with E-state index in [1.807, 2.05) is 19.1 Å². The van der Waals surface area contributed by atoms with E-state index in [-0.39, 0.29) is 6.54 Å². The van der Waals surface area contributed by atoms with Crippen molar-refractivity contribution in [3.8, 4) is 0 Å². The minimum Gasteiger partial charge on any atom is -0.322 e. The summed E-state index contributed by atoms with van der Waals surface area (Å²) in [4.78, 5) is 12.2. The Bertz CT molecular complexity index is 1010. The molecule has 2 aromatic rings.